The van der Waals surface area contributed by atoms with Gasteiger partial charge in [-0.25, -0.2) is 4.98 Å². The minimum absolute atomic E-state index is 0.101. The number of ether oxygens (including phenoxy) is 1. The zero-order chi connectivity index (χ0) is 18.8. The Balaban J connectivity index is 1.38. The van der Waals surface area contributed by atoms with Crippen LogP contribution in [0.15, 0.2) is 30.6 Å². The minimum Gasteiger partial charge on any atom is -0.484 e. The van der Waals surface area contributed by atoms with E-state index in [1.807, 2.05) is 31.2 Å². The highest BCUT2D eigenvalue weighted by Crippen LogP contribution is 2.29. The lowest BCUT2D eigenvalue weighted by atomic mass is 9.95. The van der Waals surface area contributed by atoms with E-state index in [-0.39, 0.29) is 18.6 Å². The number of fused-ring (bicyclic) bond motifs is 4. The van der Waals surface area contributed by atoms with Crippen molar-refractivity contribution < 1.29 is 9.53 Å². The van der Waals surface area contributed by atoms with E-state index >= 15 is 0 Å². The number of aromatic nitrogens is 2. The van der Waals surface area contributed by atoms with Gasteiger partial charge in [0, 0.05) is 37.9 Å². The second kappa shape index (κ2) is 7.72. The molecule has 3 aliphatic rings. The Labute approximate surface area is 160 Å². The number of rotatable bonds is 5. The van der Waals surface area contributed by atoms with Gasteiger partial charge in [-0.15, -0.1) is 0 Å². The van der Waals surface area contributed by atoms with Crippen LogP contribution in [-0.4, -0.2) is 58.0 Å². The molecule has 0 spiro atoms. The summed E-state index contributed by atoms with van der Waals surface area (Å²) in [6, 6.07) is 8.13. The van der Waals surface area contributed by atoms with Crippen molar-refractivity contribution in [1.29, 1.82) is 0 Å². The van der Waals surface area contributed by atoms with Gasteiger partial charge in [0.05, 0.1) is 12.0 Å². The van der Waals surface area contributed by atoms with Gasteiger partial charge in [-0.3, -0.25) is 9.69 Å². The molecule has 2 aromatic rings. The summed E-state index contributed by atoms with van der Waals surface area (Å²) < 4.78 is 5.76. The maximum absolute atomic E-state index is 12.8. The van der Waals surface area contributed by atoms with Crippen LogP contribution in [0.4, 0.5) is 0 Å². The van der Waals surface area contributed by atoms with Crippen LogP contribution >= 0.6 is 0 Å². The van der Waals surface area contributed by atoms with Gasteiger partial charge >= 0.3 is 0 Å². The molecule has 6 heteroatoms. The molecular weight excluding hydrogens is 340 g/mol. The Morgan fingerprint density at radius 2 is 2.15 bits per heavy atom. The van der Waals surface area contributed by atoms with Crippen molar-refractivity contribution in [2.45, 2.75) is 39.3 Å². The highest BCUT2D eigenvalue weighted by Gasteiger charge is 2.37. The largest absolute Gasteiger partial charge is 0.484 e. The van der Waals surface area contributed by atoms with Crippen molar-refractivity contribution in [3.63, 3.8) is 0 Å². The number of imidazole rings is 1. The summed E-state index contributed by atoms with van der Waals surface area (Å²) in [5.41, 5.74) is 3.38. The molecule has 6 nitrogen and oxygen atoms in total. The zero-order valence-corrected chi connectivity index (χ0v) is 16.1. The van der Waals surface area contributed by atoms with Gasteiger partial charge in [-0.1, -0.05) is 12.1 Å². The fourth-order valence-corrected chi connectivity index (χ4v) is 4.31. The Hall–Kier alpha value is -2.34. The van der Waals surface area contributed by atoms with Gasteiger partial charge in [0.1, 0.15) is 5.75 Å². The van der Waals surface area contributed by atoms with Gasteiger partial charge < -0.3 is 14.6 Å². The molecule has 2 atom stereocenters. The topological polar surface area (TPSA) is 61.5 Å². The third-order valence-electron chi connectivity index (χ3n) is 5.77. The van der Waals surface area contributed by atoms with Gasteiger partial charge in [-0.2, -0.15) is 0 Å². The Morgan fingerprint density at radius 1 is 1.26 bits per heavy atom. The average molecular weight is 368 g/mol. The van der Waals surface area contributed by atoms with Crippen molar-refractivity contribution in [1.82, 2.24) is 19.8 Å². The lowest BCUT2D eigenvalue weighted by Crippen LogP contribution is -2.49. The molecule has 3 aliphatic heterocycles. The van der Waals surface area contributed by atoms with Crippen molar-refractivity contribution in [2.24, 2.45) is 5.92 Å². The number of carbonyl (C=O) groups is 1. The van der Waals surface area contributed by atoms with Crippen molar-refractivity contribution in [2.75, 3.05) is 26.2 Å². The van der Waals surface area contributed by atoms with Crippen LogP contribution in [0.3, 0.4) is 0 Å². The Morgan fingerprint density at radius 3 is 2.93 bits per heavy atom. The first kappa shape index (κ1) is 18.0. The van der Waals surface area contributed by atoms with Crippen LogP contribution in [0.25, 0.3) is 0 Å². The van der Waals surface area contributed by atoms with Gasteiger partial charge in [0.25, 0.3) is 5.91 Å². The second-order valence-electron chi connectivity index (χ2n) is 7.92. The first-order valence-corrected chi connectivity index (χ1v) is 9.78. The zero-order valence-electron chi connectivity index (χ0n) is 16.1. The van der Waals surface area contributed by atoms with Gasteiger partial charge in [0.15, 0.2) is 6.61 Å². The molecule has 144 valence electrons. The van der Waals surface area contributed by atoms with E-state index in [2.05, 4.69) is 26.7 Å². The van der Waals surface area contributed by atoms with E-state index in [9.17, 15) is 4.79 Å². The van der Waals surface area contributed by atoms with Crippen LogP contribution in [0.5, 0.6) is 5.75 Å². The number of amides is 1. The third kappa shape index (κ3) is 4.16. The van der Waals surface area contributed by atoms with Gasteiger partial charge in [0.2, 0.25) is 0 Å². The normalized spacial score (nSPS) is 22.7. The molecule has 0 aliphatic carbocycles. The van der Waals surface area contributed by atoms with Crippen LogP contribution in [0.1, 0.15) is 29.8 Å². The van der Waals surface area contributed by atoms with Crippen LogP contribution in [0.2, 0.25) is 0 Å². The molecular formula is C21H28N4O2. The highest BCUT2D eigenvalue weighted by molar-refractivity contribution is 5.78. The molecule has 3 fully saturated rings. The van der Waals surface area contributed by atoms with E-state index in [0.29, 0.717) is 5.92 Å². The first-order chi connectivity index (χ1) is 13.1. The SMILES string of the molecule is Cc1cccc(OCC(=O)N2C[C@H]3CC[C@@H]2CN(Cc2nc[nH]c2C)C3)c1. The number of H-pyrrole nitrogens is 1. The van der Waals surface area contributed by atoms with Crippen molar-refractivity contribution in [3.05, 3.63) is 47.5 Å². The van der Waals surface area contributed by atoms with E-state index in [4.69, 9.17) is 4.74 Å². The number of nitrogens with zero attached hydrogens (tertiary/aromatic N) is 3. The number of benzene rings is 1. The minimum atomic E-state index is 0.101. The number of hydrogen-bond donors (Lipinski definition) is 1. The van der Waals surface area contributed by atoms with E-state index in [0.717, 1.165) is 55.3 Å². The average Bonchev–Trinajstić information content (AvgIpc) is 2.87. The predicted octanol–water partition coefficient (Wildman–Crippen LogP) is 2.53. The summed E-state index contributed by atoms with van der Waals surface area (Å²) in [7, 11) is 0. The summed E-state index contributed by atoms with van der Waals surface area (Å²) in [6.45, 7) is 7.85. The summed E-state index contributed by atoms with van der Waals surface area (Å²) in [6.07, 6.45) is 4.04. The smallest absolute Gasteiger partial charge is 0.260 e. The van der Waals surface area contributed by atoms with Gasteiger partial charge in [-0.05, 0) is 50.3 Å². The Bertz CT molecular complexity index is 803. The van der Waals surface area contributed by atoms with E-state index in [1.54, 1.807) is 6.33 Å². The highest BCUT2D eigenvalue weighted by atomic mass is 16.5. The van der Waals surface area contributed by atoms with Crippen LogP contribution < -0.4 is 4.74 Å². The number of hydrogen-bond acceptors (Lipinski definition) is 4. The quantitative estimate of drug-likeness (QED) is 0.881. The standard InChI is InChI=1S/C21H28N4O2/c1-15-4-3-5-19(8-15)27-13-21(26)25-10-17-6-7-18(25)11-24(9-17)12-20-16(2)22-14-23-20/h3-5,8,14,17-18H,6-7,9-13H2,1-2H3,(H,22,23)/t17-,18+/m0/s1. The molecule has 0 unspecified atom stereocenters. The molecule has 1 N–H and O–H groups in total. The fourth-order valence-electron chi connectivity index (χ4n) is 4.31. The lowest BCUT2D eigenvalue weighted by Gasteiger charge is -2.36. The molecule has 1 aromatic heterocycles. The Kier molecular flexibility index (Phi) is 5.16. The molecule has 0 saturated carbocycles. The predicted molar refractivity (Wildman–Crippen MR) is 104 cm³/mol. The van der Waals surface area contributed by atoms with E-state index in [1.165, 1.54) is 6.42 Å². The first-order valence-electron chi connectivity index (χ1n) is 9.78. The molecule has 0 radical (unpaired) electrons. The van der Waals surface area contributed by atoms with Crippen LogP contribution in [0, 0.1) is 19.8 Å². The van der Waals surface area contributed by atoms with E-state index < -0.39 is 0 Å². The molecule has 1 aromatic carbocycles. The lowest BCUT2D eigenvalue weighted by molar-refractivity contribution is -0.137. The summed E-state index contributed by atoms with van der Waals surface area (Å²) >= 11 is 0. The number of carbonyl (C=O) groups excluding carboxylic acids is 1. The summed E-state index contributed by atoms with van der Waals surface area (Å²) in [5, 5.41) is 0. The molecule has 1 amide bonds. The van der Waals surface area contributed by atoms with Crippen molar-refractivity contribution in [3.8, 4) is 5.75 Å². The molecule has 4 heterocycles. The molecule has 3 saturated heterocycles. The van der Waals surface area contributed by atoms with Crippen LogP contribution in [-0.2, 0) is 11.3 Å². The van der Waals surface area contributed by atoms with Crippen molar-refractivity contribution >= 4 is 5.91 Å². The molecule has 27 heavy (non-hydrogen) atoms. The number of nitrogens with one attached hydrogen (secondary N) is 1. The maximum atomic E-state index is 12.8. The molecule has 2 bridgehead atoms. The monoisotopic (exact) mass is 368 g/mol. The fraction of sp³-hybridized carbons (Fsp3) is 0.524. The number of aromatic amines is 1. The summed E-state index contributed by atoms with van der Waals surface area (Å²) in [4.78, 5) is 25.0. The molecule has 5 rings (SSSR count). The number of piperidine rings is 1. The number of aryl methyl sites for hydroxylation is 2. The third-order valence-corrected chi connectivity index (χ3v) is 5.77. The maximum Gasteiger partial charge on any atom is 0.260 e. The summed E-state index contributed by atoms with van der Waals surface area (Å²) in [5.74, 6) is 1.40. The second-order valence-corrected chi connectivity index (χ2v) is 7.92.